The lowest BCUT2D eigenvalue weighted by molar-refractivity contribution is -0.127. The maximum absolute atomic E-state index is 12.3. The van der Waals surface area contributed by atoms with Crippen LogP contribution in [0.1, 0.15) is 24.8 Å². The maximum atomic E-state index is 12.3. The average molecular weight is 360 g/mol. The molecule has 1 aromatic rings. The molecule has 2 saturated carbocycles. The number of fused-ring (bicyclic) bond motifs is 2. The van der Waals surface area contributed by atoms with Gasteiger partial charge in [-0.1, -0.05) is 28.1 Å². The van der Waals surface area contributed by atoms with Crippen molar-refractivity contribution in [2.75, 3.05) is 0 Å². The van der Waals surface area contributed by atoms with Gasteiger partial charge in [0.25, 0.3) is 0 Å². The molecule has 0 saturated heterocycles. The monoisotopic (exact) mass is 358 g/mol. The number of carbonyl (C=O) groups is 1. The average Bonchev–Trinajstić information content (AvgIpc) is 2.97. The highest BCUT2D eigenvalue weighted by Gasteiger charge is 2.48. The van der Waals surface area contributed by atoms with Crippen LogP contribution in [0.5, 0.6) is 0 Å². The van der Waals surface area contributed by atoms with E-state index in [-0.39, 0.29) is 30.3 Å². The molecule has 110 valence electrons. The topological polar surface area (TPSA) is 55.1 Å². The van der Waals surface area contributed by atoms with E-state index >= 15 is 0 Å². The predicted octanol–water partition coefficient (Wildman–Crippen LogP) is 2.86. The van der Waals surface area contributed by atoms with E-state index in [1.165, 1.54) is 12.8 Å². The van der Waals surface area contributed by atoms with Gasteiger partial charge in [0.2, 0.25) is 5.91 Å². The quantitative estimate of drug-likeness (QED) is 0.872. The molecule has 0 aromatic heterocycles. The van der Waals surface area contributed by atoms with Gasteiger partial charge in [-0.25, -0.2) is 0 Å². The standard InChI is InChI=1S/C15H19BrN2O.ClH/c16-12-3-1-2-9(6-12)8-18-15(19)13-10-4-5-11(7-10)14(13)17;/h1-3,6,10-11,13-14H,4-5,7-8,17H2,(H,18,19);1H. The molecule has 3 N–H and O–H groups in total. The number of benzene rings is 1. The van der Waals surface area contributed by atoms with E-state index in [2.05, 4.69) is 21.2 Å². The molecule has 3 nitrogen and oxygen atoms in total. The minimum Gasteiger partial charge on any atom is -0.352 e. The van der Waals surface area contributed by atoms with Crippen LogP contribution in [0.2, 0.25) is 0 Å². The summed E-state index contributed by atoms with van der Waals surface area (Å²) in [7, 11) is 0. The van der Waals surface area contributed by atoms with Crippen molar-refractivity contribution < 1.29 is 4.79 Å². The lowest BCUT2D eigenvalue weighted by atomic mass is 9.84. The molecule has 2 bridgehead atoms. The molecular formula is C15H20BrClN2O. The zero-order valence-electron chi connectivity index (χ0n) is 11.2. The first-order valence-electron chi connectivity index (χ1n) is 6.93. The number of rotatable bonds is 3. The minimum atomic E-state index is 0. The Hall–Kier alpha value is -0.580. The van der Waals surface area contributed by atoms with Crippen molar-refractivity contribution in [1.82, 2.24) is 5.32 Å². The Morgan fingerprint density at radius 1 is 1.35 bits per heavy atom. The summed E-state index contributed by atoms with van der Waals surface area (Å²) in [6, 6.07) is 8.08. The summed E-state index contributed by atoms with van der Waals surface area (Å²) in [4.78, 5) is 12.3. The number of halogens is 2. The molecule has 20 heavy (non-hydrogen) atoms. The highest BCUT2D eigenvalue weighted by molar-refractivity contribution is 9.10. The number of amides is 1. The summed E-state index contributed by atoms with van der Waals surface area (Å²) in [5.41, 5.74) is 7.30. The fourth-order valence-corrected chi connectivity index (χ4v) is 4.13. The molecule has 3 rings (SSSR count). The molecule has 2 aliphatic rings. The van der Waals surface area contributed by atoms with Gasteiger partial charge in [-0.15, -0.1) is 12.4 Å². The third-order valence-corrected chi connectivity index (χ3v) is 5.13. The van der Waals surface area contributed by atoms with E-state index < -0.39 is 0 Å². The van der Waals surface area contributed by atoms with Crippen LogP contribution in [0.3, 0.4) is 0 Å². The van der Waals surface area contributed by atoms with Crippen LogP contribution in [0, 0.1) is 17.8 Å². The first kappa shape index (κ1) is 15.8. The lowest BCUT2D eigenvalue weighted by Gasteiger charge is -2.27. The Morgan fingerprint density at radius 3 is 2.75 bits per heavy atom. The Bertz CT molecular complexity index is 495. The fourth-order valence-electron chi connectivity index (χ4n) is 3.68. The zero-order chi connectivity index (χ0) is 13.4. The largest absolute Gasteiger partial charge is 0.352 e. The molecule has 1 aromatic carbocycles. The summed E-state index contributed by atoms with van der Waals surface area (Å²) in [6.07, 6.45) is 3.53. The van der Waals surface area contributed by atoms with Crippen LogP contribution in [-0.4, -0.2) is 11.9 Å². The Kier molecular flexibility index (Phi) is 5.10. The van der Waals surface area contributed by atoms with Crippen molar-refractivity contribution in [3.8, 4) is 0 Å². The van der Waals surface area contributed by atoms with Gasteiger partial charge in [-0.05, 0) is 48.8 Å². The minimum absolute atomic E-state index is 0. The molecule has 1 amide bonds. The van der Waals surface area contributed by atoms with Crippen LogP contribution in [0.25, 0.3) is 0 Å². The van der Waals surface area contributed by atoms with Crippen molar-refractivity contribution in [2.45, 2.75) is 31.8 Å². The molecule has 0 spiro atoms. The van der Waals surface area contributed by atoms with Crippen LogP contribution >= 0.6 is 28.3 Å². The second kappa shape index (κ2) is 6.46. The molecule has 0 aliphatic heterocycles. The van der Waals surface area contributed by atoms with Crippen molar-refractivity contribution in [2.24, 2.45) is 23.5 Å². The van der Waals surface area contributed by atoms with Crippen LogP contribution < -0.4 is 11.1 Å². The van der Waals surface area contributed by atoms with Gasteiger partial charge in [0.1, 0.15) is 0 Å². The molecule has 4 atom stereocenters. The van der Waals surface area contributed by atoms with Gasteiger partial charge in [0.05, 0.1) is 5.92 Å². The molecule has 2 fully saturated rings. The van der Waals surface area contributed by atoms with Crippen molar-refractivity contribution >= 4 is 34.2 Å². The number of nitrogens with one attached hydrogen (secondary N) is 1. The molecular weight excluding hydrogens is 340 g/mol. The zero-order valence-corrected chi connectivity index (χ0v) is 13.6. The van der Waals surface area contributed by atoms with E-state index in [9.17, 15) is 4.79 Å². The van der Waals surface area contributed by atoms with Gasteiger partial charge < -0.3 is 11.1 Å². The van der Waals surface area contributed by atoms with Crippen LogP contribution in [-0.2, 0) is 11.3 Å². The second-order valence-corrected chi connectivity index (χ2v) is 6.70. The SMILES string of the molecule is Cl.NC1C2CCC(C2)C1C(=O)NCc1cccc(Br)c1. The van der Waals surface area contributed by atoms with E-state index in [4.69, 9.17) is 5.73 Å². The fraction of sp³-hybridized carbons (Fsp3) is 0.533. The molecule has 0 heterocycles. The van der Waals surface area contributed by atoms with E-state index in [0.717, 1.165) is 16.5 Å². The van der Waals surface area contributed by atoms with Gasteiger partial charge in [-0.2, -0.15) is 0 Å². The highest BCUT2D eigenvalue weighted by Crippen LogP contribution is 2.47. The van der Waals surface area contributed by atoms with Crippen LogP contribution in [0.15, 0.2) is 28.7 Å². The van der Waals surface area contributed by atoms with Crippen molar-refractivity contribution in [3.05, 3.63) is 34.3 Å². The second-order valence-electron chi connectivity index (χ2n) is 5.78. The maximum Gasteiger partial charge on any atom is 0.225 e. The van der Waals surface area contributed by atoms with Gasteiger partial charge in [0.15, 0.2) is 0 Å². The van der Waals surface area contributed by atoms with Crippen molar-refractivity contribution in [3.63, 3.8) is 0 Å². The third-order valence-electron chi connectivity index (χ3n) is 4.64. The number of carbonyl (C=O) groups excluding carboxylic acids is 1. The Balaban J connectivity index is 0.00000147. The summed E-state index contributed by atoms with van der Waals surface area (Å²) in [6.45, 7) is 0.582. The van der Waals surface area contributed by atoms with Crippen LogP contribution in [0.4, 0.5) is 0 Å². The Morgan fingerprint density at radius 2 is 2.10 bits per heavy atom. The van der Waals surface area contributed by atoms with E-state index in [1.54, 1.807) is 0 Å². The summed E-state index contributed by atoms with van der Waals surface area (Å²) >= 11 is 3.44. The summed E-state index contributed by atoms with van der Waals surface area (Å²) in [5.74, 6) is 1.26. The molecule has 4 unspecified atom stereocenters. The van der Waals surface area contributed by atoms with E-state index in [1.807, 2.05) is 24.3 Å². The smallest absolute Gasteiger partial charge is 0.225 e. The first-order valence-corrected chi connectivity index (χ1v) is 7.72. The van der Waals surface area contributed by atoms with Crippen molar-refractivity contribution in [1.29, 1.82) is 0 Å². The normalized spacial score (nSPS) is 30.9. The third kappa shape index (κ3) is 3.02. The molecule has 2 aliphatic carbocycles. The van der Waals surface area contributed by atoms with E-state index in [0.29, 0.717) is 18.4 Å². The van der Waals surface area contributed by atoms with Gasteiger partial charge in [-0.3, -0.25) is 4.79 Å². The molecule has 0 radical (unpaired) electrons. The number of hydrogen-bond donors (Lipinski definition) is 2. The lowest BCUT2D eigenvalue weighted by Crippen LogP contribution is -2.45. The summed E-state index contributed by atoms with van der Waals surface area (Å²) < 4.78 is 1.04. The predicted molar refractivity (Wildman–Crippen MR) is 85.5 cm³/mol. The summed E-state index contributed by atoms with van der Waals surface area (Å²) in [5, 5.41) is 3.04. The molecule has 5 heteroatoms. The highest BCUT2D eigenvalue weighted by atomic mass is 79.9. The number of hydrogen-bond acceptors (Lipinski definition) is 2. The van der Waals surface area contributed by atoms with Gasteiger partial charge >= 0.3 is 0 Å². The number of nitrogens with two attached hydrogens (primary N) is 1. The first-order chi connectivity index (χ1) is 9.15. The Labute approximate surface area is 134 Å². The van der Waals surface area contributed by atoms with Gasteiger partial charge in [0, 0.05) is 17.1 Å².